The maximum atomic E-state index is 10.7. The predicted octanol–water partition coefficient (Wildman–Crippen LogP) is 1.88. The standard InChI is InChI=1S/C11H12N2O4/c1-2-16-5-6-17-10-4-3-9(8-12)11(7-10)13(14)15/h3-4,7H,2,5-6H2,1H3. The van der Waals surface area contributed by atoms with E-state index in [1.165, 1.54) is 18.2 Å². The molecule has 90 valence electrons. The Hall–Kier alpha value is -2.13. The number of nitro groups is 1. The van der Waals surface area contributed by atoms with Crippen LogP contribution < -0.4 is 4.74 Å². The first-order valence-electron chi connectivity index (χ1n) is 5.08. The highest BCUT2D eigenvalue weighted by atomic mass is 16.6. The van der Waals surface area contributed by atoms with Gasteiger partial charge in [0.25, 0.3) is 5.69 Å². The highest BCUT2D eigenvalue weighted by Gasteiger charge is 2.14. The molecule has 0 radical (unpaired) electrons. The largest absolute Gasteiger partial charge is 0.491 e. The molecule has 6 heteroatoms. The fourth-order valence-corrected chi connectivity index (χ4v) is 1.21. The molecule has 0 saturated carbocycles. The molecular formula is C11H12N2O4. The third-order valence-corrected chi connectivity index (χ3v) is 1.99. The summed E-state index contributed by atoms with van der Waals surface area (Å²) < 4.78 is 10.3. The van der Waals surface area contributed by atoms with Gasteiger partial charge >= 0.3 is 0 Å². The van der Waals surface area contributed by atoms with Crippen molar-refractivity contribution in [3.8, 4) is 11.8 Å². The number of nitro benzene ring substituents is 1. The van der Waals surface area contributed by atoms with Gasteiger partial charge in [0.1, 0.15) is 24.0 Å². The van der Waals surface area contributed by atoms with Gasteiger partial charge in [-0.3, -0.25) is 10.1 Å². The van der Waals surface area contributed by atoms with Crippen LogP contribution in [-0.2, 0) is 4.74 Å². The van der Waals surface area contributed by atoms with Crippen LogP contribution in [0.5, 0.6) is 5.75 Å². The zero-order valence-electron chi connectivity index (χ0n) is 9.38. The minimum atomic E-state index is -0.603. The molecule has 0 aliphatic heterocycles. The first-order valence-corrected chi connectivity index (χ1v) is 5.08. The Morgan fingerprint density at radius 2 is 2.24 bits per heavy atom. The molecule has 0 atom stereocenters. The van der Waals surface area contributed by atoms with Crippen LogP contribution in [0.1, 0.15) is 12.5 Å². The average molecular weight is 236 g/mol. The Morgan fingerprint density at radius 1 is 1.47 bits per heavy atom. The van der Waals surface area contributed by atoms with Gasteiger partial charge in [0.15, 0.2) is 0 Å². The number of benzene rings is 1. The molecule has 17 heavy (non-hydrogen) atoms. The van der Waals surface area contributed by atoms with E-state index in [-0.39, 0.29) is 11.3 Å². The Labute approximate surface area is 98.5 Å². The molecule has 0 heterocycles. The van der Waals surface area contributed by atoms with Crippen LogP contribution >= 0.6 is 0 Å². The molecule has 0 unspecified atom stereocenters. The zero-order chi connectivity index (χ0) is 12.7. The lowest BCUT2D eigenvalue weighted by molar-refractivity contribution is -0.385. The summed E-state index contributed by atoms with van der Waals surface area (Å²) in [4.78, 5) is 10.1. The molecule has 0 fully saturated rings. The fourth-order valence-electron chi connectivity index (χ4n) is 1.21. The summed E-state index contributed by atoms with van der Waals surface area (Å²) in [5.41, 5.74) is -0.228. The van der Waals surface area contributed by atoms with E-state index in [0.717, 1.165) is 0 Å². The SMILES string of the molecule is CCOCCOc1ccc(C#N)c([N+](=O)[O-])c1. The van der Waals surface area contributed by atoms with Gasteiger partial charge in [-0.05, 0) is 19.1 Å². The van der Waals surface area contributed by atoms with Gasteiger partial charge in [-0.25, -0.2) is 0 Å². The second-order valence-corrected chi connectivity index (χ2v) is 3.09. The van der Waals surface area contributed by atoms with Crippen molar-refractivity contribution < 1.29 is 14.4 Å². The van der Waals surface area contributed by atoms with E-state index >= 15 is 0 Å². The number of rotatable bonds is 6. The van der Waals surface area contributed by atoms with E-state index in [2.05, 4.69) is 0 Å². The summed E-state index contributed by atoms with van der Waals surface area (Å²) in [6.07, 6.45) is 0. The van der Waals surface area contributed by atoms with Gasteiger partial charge in [-0.2, -0.15) is 5.26 Å². The minimum absolute atomic E-state index is 0.0205. The third-order valence-electron chi connectivity index (χ3n) is 1.99. The van der Waals surface area contributed by atoms with Crippen LogP contribution in [0.4, 0.5) is 5.69 Å². The van der Waals surface area contributed by atoms with Crippen LogP contribution in [0.2, 0.25) is 0 Å². The van der Waals surface area contributed by atoms with Gasteiger partial charge in [0.05, 0.1) is 17.6 Å². The van der Waals surface area contributed by atoms with E-state index in [4.69, 9.17) is 14.7 Å². The zero-order valence-corrected chi connectivity index (χ0v) is 9.38. The molecule has 1 aromatic carbocycles. The molecular weight excluding hydrogens is 224 g/mol. The summed E-state index contributed by atoms with van der Waals surface area (Å²) in [5, 5.41) is 19.4. The molecule has 0 aliphatic rings. The molecule has 0 bridgehead atoms. The monoisotopic (exact) mass is 236 g/mol. The van der Waals surface area contributed by atoms with Crippen molar-refractivity contribution >= 4 is 5.69 Å². The van der Waals surface area contributed by atoms with Gasteiger partial charge < -0.3 is 9.47 Å². The van der Waals surface area contributed by atoms with E-state index in [9.17, 15) is 10.1 Å². The molecule has 0 aliphatic carbocycles. The second kappa shape index (κ2) is 6.45. The van der Waals surface area contributed by atoms with E-state index in [1.54, 1.807) is 6.07 Å². The maximum Gasteiger partial charge on any atom is 0.290 e. The van der Waals surface area contributed by atoms with Crippen molar-refractivity contribution in [3.63, 3.8) is 0 Å². The van der Waals surface area contributed by atoms with E-state index in [1.807, 2.05) is 6.92 Å². The highest BCUT2D eigenvalue weighted by molar-refractivity contribution is 5.52. The number of hydrogen-bond acceptors (Lipinski definition) is 5. The summed E-state index contributed by atoms with van der Waals surface area (Å²) in [7, 11) is 0. The van der Waals surface area contributed by atoms with Gasteiger partial charge in [-0.1, -0.05) is 0 Å². The highest BCUT2D eigenvalue weighted by Crippen LogP contribution is 2.23. The lowest BCUT2D eigenvalue weighted by Gasteiger charge is -2.06. The quantitative estimate of drug-likeness (QED) is 0.427. The first kappa shape index (κ1) is 12.9. The van der Waals surface area contributed by atoms with Crippen LogP contribution in [0, 0.1) is 21.4 Å². The summed E-state index contributed by atoms with van der Waals surface area (Å²) in [6.45, 7) is 3.20. The molecule has 0 spiro atoms. The molecule has 0 aromatic heterocycles. The van der Waals surface area contributed by atoms with Crippen molar-refractivity contribution in [1.82, 2.24) is 0 Å². The van der Waals surface area contributed by atoms with Gasteiger partial charge in [-0.15, -0.1) is 0 Å². The van der Waals surface area contributed by atoms with Crippen LogP contribution in [-0.4, -0.2) is 24.7 Å². The minimum Gasteiger partial charge on any atom is -0.491 e. The van der Waals surface area contributed by atoms with Crippen molar-refractivity contribution in [2.75, 3.05) is 19.8 Å². The van der Waals surface area contributed by atoms with E-state index in [0.29, 0.717) is 25.6 Å². The van der Waals surface area contributed by atoms with Crippen molar-refractivity contribution in [2.45, 2.75) is 6.92 Å². The topological polar surface area (TPSA) is 85.4 Å². The summed E-state index contributed by atoms with van der Waals surface area (Å²) >= 11 is 0. The summed E-state index contributed by atoms with van der Waals surface area (Å²) in [5.74, 6) is 0.357. The Bertz CT molecular complexity index is 440. The molecule has 0 saturated heterocycles. The number of nitriles is 1. The van der Waals surface area contributed by atoms with Crippen molar-refractivity contribution in [3.05, 3.63) is 33.9 Å². The number of nitrogens with zero attached hydrogens (tertiary/aromatic N) is 2. The molecule has 0 N–H and O–H groups in total. The Kier molecular flexibility index (Phi) is 4.91. The molecule has 0 amide bonds. The van der Waals surface area contributed by atoms with Crippen molar-refractivity contribution in [1.29, 1.82) is 5.26 Å². The van der Waals surface area contributed by atoms with Crippen molar-refractivity contribution in [2.24, 2.45) is 0 Å². The lowest BCUT2D eigenvalue weighted by atomic mass is 10.2. The van der Waals surface area contributed by atoms with E-state index < -0.39 is 4.92 Å². The van der Waals surface area contributed by atoms with Gasteiger partial charge in [0, 0.05) is 6.61 Å². The maximum absolute atomic E-state index is 10.7. The van der Waals surface area contributed by atoms with Crippen LogP contribution in [0.25, 0.3) is 0 Å². The summed E-state index contributed by atoms with van der Waals surface area (Å²) in [6, 6.07) is 5.89. The number of ether oxygens (including phenoxy) is 2. The Morgan fingerprint density at radius 3 is 2.82 bits per heavy atom. The normalized spacial score (nSPS) is 9.65. The molecule has 1 rings (SSSR count). The first-order chi connectivity index (χ1) is 8.19. The molecule has 6 nitrogen and oxygen atoms in total. The smallest absolute Gasteiger partial charge is 0.290 e. The second-order valence-electron chi connectivity index (χ2n) is 3.09. The Balaban J connectivity index is 2.72. The third kappa shape index (κ3) is 3.74. The predicted molar refractivity (Wildman–Crippen MR) is 59.8 cm³/mol. The number of hydrogen-bond donors (Lipinski definition) is 0. The fraction of sp³-hybridized carbons (Fsp3) is 0.364. The van der Waals surface area contributed by atoms with Crippen LogP contribution in [0.3, 0.4) is 0 Å². The average Bonchev–Trinajstić information content (AvgIpc) is 2.34. The molecule has 1 aromatic rings. The van der Waals surface area contributed by atoms with Gasteiger partial charge in [0.2, 0.25) is 0 Å². The van der Waals surface area contributed by atoms with Crippen LogP contribution in [0.15, 0.2) is 18.2 Å². The lowest BCUT2D eigenvalue weighted by Crippen LogP contribution is -2.06.